The predicted octanol–water partition coefficient (Wildman–Crippen LogP) is 6.59. The molecule has 38 heavy (non-hydrogen) atoms. The van der Waals surface area contributed by atoms with E-state index in [1.807, 2.05) is 68.4 Å². The molecule has 0 saturated carbocycles. The summed E-state index contributed by atoms with van der Waals surface area (Å²) in [6.07, 6.45) is 12.2. The Labute approximate surface area is 226 Å². The number of nitrogens with one attached hydrogen (secondary N) is 1. The SMILES string of the molecule is C=CN(/C=C\C)c1cccc(CCN2CCCC(/C(N)=N/C(=O)Nc3cccc4cnccc34)C2)c1.CC. The zero-order chi connectivity index (χ0) is 27.3. The molecule has 7 nitrogen and oxygen atoms in total. The molecule has 1 fully saturated rings. The van der Waals surface area contributed by atoms with E-state index in [2.05, 4.69) is 51.0 Å². The van der Waals surface area contributed by atoms with E-state index in [0.29, 0.717) is 11.5 Å². The molecule has 1 aliphatic rings. The molecule has 1 saturated heterocycles. The van der Waals surface area contributed by atoms with Crippen molar-refractivity contribution in [3.8, 4) is 0 Å². The number of pyridine rings is 1. The van der Waals surface area contributed by atoms with Crippen molar-refractivity contribution in [1.29, 1.82) is 0 Å². The van der Waals surface area contributed by atoms with Gasteiger partial charge in [-0.25, -0.2) is 4.79 Å². The Morgan fingerprint density at radius 2 is 2.08 bits per heavy atom. The molecule has 3 aromatic rings. The maximum Gasteiger partial charge on any atom is 0.347 e. The van der Waals surface area contributed by atoms with E-state index in [1.165, 1.54) is 5.56 Å². The summed E-state index contributed by atoms with van der Waals surface area (Å²) >= 11 is 0. The molecule has 0 aliphatic carbocycles. The zero-order valence-electron chi connectivity index (χ0n) is 22.8. The molecule has 0 radical (unpaired) electrons. The number of nitrogens with two attached hydrogens (primary N) is 1. The number of likely N-dealkylation sites (tertiary alicyclic amines) is 1. The minimum atomic E-state index is -0.446. The molecule has 2 aromatic carbocycles. The molecule has 0 spiro atoms. The molecule has 3 N–H and O–H groups in total. The van der Waals surface area contributed by atoms with Crippen LogP contribution >= 0.6 is 0 Å². The third-order valence-electron chi connectivity index (χ3n) is 6.51. The van der Waals surface area contributed by atoms with Crippen molar-refractivity contribution in [3.05, 3.63) is 91.5 Å². The highest BCUT2D eigenvalue weighted by Gasteiger charge is 2.23. The molecule has 1 aromatic heterocycles. The normalized spacial score (nSPS) is 16.1. The number of fused-ring (bicyclic) bond motifs is 1. The van der Waals surface area contributed by atoms with Gasteiger partial charge < -0.3 is 20.9 Å². The van der Waals surface area contributed by atoms with E-state index >= 15 is 0 Å². The number of anilines is 2. The molecule has 200 valence electrons. The number of benzene rings is 2. The second kappa shape index (κ2) is 14.7. The number of rotatable bonds is 8. The summed E-state index contributed by atoms with van der Waals surface area (Å²) in [6, 6.07) is 15.7. The number of aliphatic imine (C=N–C) groups is 1. The van der Waals surface area contributed by atoms with Crippen LogP contribution in [0.2, 0.25) is 0 Å². The van der Waals surface area contributed by atoms with Crippen LogP contribution in [0, 0.1) is 5.92 Å². The Balaban J connectivity index is 0.00000195. The number of urea groups is 1. The minimum absolute atomic E-state index is 0.0681. The van der Waals surface area contributed by atoms with Gasteiger partial charge in [-0.3, -0.25) is 4.98 Å². The quantitative estimate of drug-likeness (QED) is 0.263. The standard InChI is InChI=1S/C29H34N6O.C2H6/c1-3-16-35(4-2)25-11-5-8-22(19-25)14-18-34-17-7-10-24(21-34)28(30)33-29(36)32-27-12-6-9-23-20-31-15-13-26(23)27;1-2/h3-6,8-9,11-13,15-16,19-20,24H,2,7,10,14,17-18,21H2,1H3,(H3,30,32,33,36);1-2H3/b16-3-;. The van der Waals surface area contributed by atoms with Crippen LogP contribution < -0.4 is 16.0 Å². The molecule has 0 bridgehead atoms. The number of piperidine rings is 1. The van der Waals surface area contributed by atoms with Crippen LogP contribution in [-0.4, -0.2) is 41.4 Å². The van der Waals surface area contributed by atoms with Crippen molar-refractivity contribution in [3.63, 3.8) is 0 Å². The van der Waals surface area contributed by atoms with Crippen LogP contribution in [-0.2, 0) is 6.42 Å². The summed E-state index contributed by atoms with van der Waals surface area (Å²) in [5, 5.41) is 4.76. The lowest BCUT2D eigenvalue weighted by molar-refractivity contribution is 0.206. The monoisotopic (exact) mass is 512 g/mol. The molecule has 2 amide bonds. The summed E-state index contributed by atoms with van der Waals surface area (Å²) in [6.45, 7) is 12.7. The summed E-state index contributed by atoms with van der Waals surface area (Å²) in [4.78, 5) is 25.4. The van der Waals surface area contributed by atoms with E-state index in [9.17, 15) is 4.79 Å². The van der Waals surface area contributed by atoms with E-state index in [4.69, 9.17) is 5.73 Å². The number of nitrogens with zero attached hydrogens (tertiary/aromatic N) is 4. The van der Waals surface area contributed by atoms with E-state index in [1.54, 1.807) is 12.4 Å². The average Bonchev–Trinajstić information content (AvgIpc) is 2.96. The largest absolute Gasteiger partial charge is 0.387 e. The van der Waals surface area contributed by atoms with Crippen LogP contribution in [0.3, 0.4) is 0 Å². The number of carbonyl (C=O) groups excluding carboxylic acids is 1. The summed E-state index contributed by atoms with van der Waals surface area (Å²) < 4.78 is 0. The van der Waals surface area contributed by atoms with Crippen molar-refractivity contribution in [1.82, 2.24) is 9.88 Å². The van der Waals surface area contributed by atoms with Gasteiger partial charge in [-0.15, -0.1) is 0 Å². The second-order valence-corrected chi connectivity index (χ2v) is 9.00. The molecule has 2 heterocycles. The van der Waals surface area contributed by atoms with Gasteiger partial charge in [0.05, 0.1) is 5.69 Å². The van der Waals surface area contributed by atoms with Crippen molar-refractivity contribution in [2.45, 2.75) is 40.0 Å². The number of hydrogen-bond donors (Lipinski definition) is 2. The van der Waals surface area contributed by atoms with Crippen molar-refractivity contribution >= 4 is 34.0 Å². The predicted molar refractivity (Wildman–Crippen MR) is 161 cm³/mol. The minimum Gasteiger partial charge on any atom is -0.387 e. The van der Waals surface area contributed by atoms with Gasteiger partial charge in [0.15, 0.2) is 0 Å². The zero-order valence-corrected chi connectivity index (χ0v) is 22.8. The lowest BCUT2D eigenvalue weighted by Crippen LogP contribution is -2.42. The molecular weight excluding hydrogens is 472 g/mol. The number of carbonyl (C=O) groups is 1. The van der Waals surface area contributed by atoms with Crippen molar-refractivity contribution in [2.24, 2.45) is 16.6 Å². The van der Waals surface area contributed by atoms with E-state index < -0.39 is 6.03 Å². The summed E-state index contributed by atoms with van der Waals surface area (Å²) in [5.74, 6) is 0.465. The fourth-order valence-electron chi connectivity index (χ4n) is 4.66. The van der Waals surface area contributed by atoms with Gasteiger partial charge in [0.1, 0.15) is 5.84 Å². The van der Waals surface area contributed by atoms with Gasteiger partial charge in [-0.2, -0.15) is 4.99 Å². The molecule has 1 aliphatic heterocycles. The smallest absolute Gasteiger partial charge is 0.347 e. The lowest BCUT2D eigenvalue weighted by atomic mass is 9.96. The molecule has 4 rings (SSSR count). The number of hydrogen-bond acceptors (Lipinski definition) is 4. The summed E-state index contributed by atoms with van der Waals surface area (Å²) in [7, 11) is 0. The third-order valence-corrected chi connectivity index (χ3v) is 6.51. The Bertz CT molecular complexity index is 1260. The van der Waals surface area contributed by atoms with Crippen LogP contribution in [0.1, 0.15) is 39.2 Å². The van der Waals surface area contributed by atoms with Crippen LogP contribution in [0.5, 0.6) is 0 Å². The molecule has 1 atom stereocenters. The molecule has 7 heteroatoms. The van der Waals surface area contributed by atoms with Crippen LogP contribution in [0.15, 0.2) is 91.0 Å². The highest BCUT2D eigenvalue weighted by molar-refractivity contribution is 6.05. The van der Waals surface area contributed by atoms with Crippen LogP contribution in [0.4, 0.5) is 16.2 Å². The lowest BCUT2D eigenvalue weighted by Gasteiger charge is -2.32. The molecular formula is C31H40N6O. The number of amides is 2. The van der Waals surface area contributed by atoms with Gasteiger partial charge in [0.25, 0.3) is 0 Å². The topological polar surface area (TPSA) is 86.8 Å². The number of amidine groups is 1. The molecule has 1 unspecified atom stereocenters. The highest BCUT2D eigenvalue weighted by Crippen LogP contribution is 2.23. The first-order valence-electron chi connectivity index (χ1n) is 13.4. The highest BCUT2D eigenvalue weighted by atomic mass is 16.2. The Hall–Kier alpha value is -3.97. The maximum atomic E-state index is 12.6. The fourth-order valence-corrected chi connectivity index (χ4v) is 4.66. The fraction of sp³-hybridized carbons (Fsp3) is 0.323. The maximum absolute atomic E-state index is 12.6. The van der Waals surface area contributed by atoms with Crippen molar-refractivity contribution < 1.29 is 4.79 Å². The Kier molecular flexibility index (Phi) is 11.1. The van der Waals surface area contributed by atoms with Crippen LogP contribution in [0.25, 0.3) is 10.8 Å². The Morgan fingerprint density at radius 3 is 2.87 bits per heavy atom. The number of aromatic nitrogens is 1. The first kappa shape index (κ1) is 28.6. The second-order valence-electron chi connectivity index (χ2n) is 9.00. The summed E-state index contributed by atoms with van der Waals surface area (Å²) in [5.41, 5.74) is 9.39. The van der Waals surface area contributed by atoms with E-state index in [0.717, 1.165) is 55.4 Å². The average molecular weight is 513 g/mol. The third kappa shape index (κ3) is 7.76. The van der Waals surface area contributed by atoms with E-state index in [-0.39, 0.29) is 5.92 Å². The van der Waals surface area contributed by atoms with Gasteiger partial charge in [-0.1, -0.05) is 50.8 Å². The van der Waals surface area contributed by atoms with Gasteiger partial charge in [-0.05, 0) is 62.6 Å². The van der Waals surface area contributed by atoms with Gasteiger partial charge in [0.2, 0.25) is 0 Å². The Morgan fingerprint density at radius 1 is 1.26 bits per heavy atom. The van der Waals surface area contributed by atoms with Gasteiger partial charge in [0, 0.05) is 60.3 Å². The first-order valence-corrected chi connectivity index (χ1v) is 13.4. The van der Waals surface area contributed by atoms with Crippen molar-refractivity contribution in [2.75, 3.05) is 29.9 Å². The first-order chi connectivity index (χ1) is 18.6. The number of allylic oxidation sites excluding steroid dienone is 1. The van der Waals surface area contributed by atoms with Gasteiger partial charge >= 0.3 is 6.03 Å².